The predicted molar refractivity (Wildman–Crippen MR) is 155 cm³/mol. The molecule has 3 heterocycles. The van der Waals surface area contributed by atoms with Gasteiger partial charge >= 0.3 is 0 Å². The van der Waals surface area contributed by atoms with Crippen LogP contribution in [0.3, 0.4) is 0 Å². The number of hydrogen-bond acceptors (Lipinski definition) is 5. The van der Waals surface area contributed by atoms with E-state index >= 15 is 0 Å². The SMILES string of the molecule is Oc1ccccc1-c1nc2c(-c3ccc4c(c3)C3=N[C@@H](c5ccccc5)CN3c3ccccc3-4)cccc2o1. The number of aromatic hydroxyl groups is 1. The Bertz CT molecular complexity index is 1920. The summed E-state index contributed by atoms with van der Waals surface area (Å²) in [5, 5.41) is 10.4. The maximum absolute atomic E-state index is 10.4. The topological polar surface area (TPSA) is 61.9 Å². The molecule has 0 saturated carbocycles. The number of rotatable bonds is 3. The fraction of sp³-hybridized carbons (Fsp3) is 0.0588. The second-order valence-electron chi connectivity index (χ2n) is 9.96. The van der Waals surface area contributed by atoms with Crippen LogP contribution in [0.2, 0.25) is 0 Å². The minimum atomic E-state index is 0.0731. The maximum Gasteiger partial charge on any atom is 0.231 e. The molecule has 0 fully saturated rings. The smallest absolute Gasteiger partial charge is 0.231 e. The van der Waals surface area contributed by atoms with Crippen molar-refractivity contribution in [1.29, 1.82) is 0 Å². The van der Waals surface area contributed by atoms with E-state index in [9.17, 15) is 5.11 Å². The molecule has 5 heteroatoms. The number of nitrogens with zero attached hydrogens (tertiary/aromatic N) is 3. The number of anilines is 1. The van der Waals surface area contributed by atoms with Crippen LogP contribution in [0.15, 0.2) is 125 Å². The lowest BCUT2D eigenvalue weighted by Crippen LogP contribution is -2.32. The largest absolute Gasteiger partial charge is 0.507 e. The van der Waals surface area contributed by atoms with Crippen LogP contribution in [0.1, 0.15) is 17.2 Å². The zero-order valence-corrected chi connectivity index (χ0v) is 21.0. The van der Waals surface area contributed by atoms with E-state index in [0.29, 0.717) is 17.0 Å². The summed E-state index contributed by atoms with van der Waals surface area (Å²) in [7, 11) is 0. The van der Waals surface area contributed by atoms with Gasteiger partial charge in [-0.25, -0.2) is 4.98 Å². The Labute approximate surface area is 225 Å². The van der Waals surface area contributed by atoms with E-state index in [1.165, 1.54) is 22.4 Å². The van der Waals surface area contributed by atoms with Gasteiger partial charge in [-0.05, 0) is 47.0 Å². The molecule has 5 nitrogen and oxygen atoms in total. The highest BCUT2D eigenvalue weighted by Gasteiger charge is 2.35. The van der Waals surface area contributed by atoms with E-state index in [-0.39, 0.29) is 11.8 Å². The lowest BCUT2D eigenvalue weighted by Gasteiger charge is -2.30. The minimum absolute atomic E-state index is 0.0731. The minimum Gasteiger partial charge on any atom is -0.507 e. The van der Waals surface area contributed by atoms with Crippen LogP contribution in [0.25, 0.3) is 44.8 Å². The number of fused-ring (bicyclic) bond motifs is 7. The van der Waals surface area contributed by atoms with Gasteiger partial charge in [0, 0.05) is 16.7 Å². The zero-order valence-electron chi connectivity index (χ0n) is 21.0. The predicted octanol–water partition coefficient (Wildman–Crippen LogP) is 7.86. The van der Waals surface area contributed by atoms with Gasteiger partial charge in [-0.3, -0.25) is 4.99 Å². The van der Waals surface area contributed by atoms with Gasteiger partial charge in [-0.2, -0.15) is 0 Å². The van der Waals surface area contributed by atoms with E-state index in [2.05, 4.69) is 77.7 Å². The lowest BCUT2D eigenvalue weighted by molar-refractivity contribution is 0.474. The van der Waals surface area contributed by atoms with Crippen LogP contribution in [0, 0.1) is 0 Å². The molecule has 2 aliphatic rings. The highest BCUT2D eigenvalue weighted by molar-refractivity contribution is 6.20. The summed E-state index contributed by atoms with van der Waals surface area (Å²) in [6, 6.07) is 38.8. The van der Waals surface area contributed by atoms with Crippen molar-refractivity contribution >= 4 is 22.6 Å². The molecular formula is C34H23N3O2. The van der Waals surface area contributed by atoms with Gasteiger partial charge in [0.2, 0.25) is 5.89 Å². The van der Waals surface area contributed by atoms with Gasteiger partial charge < -0.3 is 14.4 Å². The first-order valence-corrected chi connectivity index (χ1v) is 13.1. The molecule has 0 saturated heterocycles. The summed E-state index contributed by atoms with van der Waals surface area (Å²) < 4.78 is 6.09. The summed E-state index contributed by atoms with van der Waals surface area (Å²) >= 11 is 0. The summed E-state index contributed by atoms with van der Waals surface area (Å²) in [5.74, 6) is 1.55. The van der Waals surface area contributed by atoms with Gasteiger partial charge in [0.15, 0.2) is 5.58 Å². The third-order valence-electron chi connectivity index (χ3n) is 7.68. The number of phenols is 1. The van der Waals surface area contributed by atoms with Gasteiger partial charge in [-0.1, -0.05) is 84.9 Å². The molecule has 8 rings (SSSR count). The summed E-state index contributed by atoms with van der Waals surface area (Å²) in [5.41, 5.74) is 9.96. The molecule has 0 radical (unpaired) electrons. The first kappa shape index (κ1) is 21.9. The van der Waals surface area contributed by atoms with Gasteiger partial charge in [-0.15, -0.1) is 0 Å². The molecule has 0 unspecified atom stereocenters. The monoisotopic (exact) mass is 505 g/mol. The molecule has 186 valence electrons. The van der Waals surface area contributed by atoms with Crippen LogP contribution in [0.5, 0.6) is 5.75 Å². The normalized spacial score (nSPS) is 15.5. The number of aliphatic imine (C=N–C) groups is 1. The Kier molecular flexibility index (Phi) is 4.73. The number of phenolic OH excluding ortho intramolecular Hbond substituents is 1. The number of aromatic nitrogens is 1. The molecule has 0 bridgehead atoms. The Morgan fingerprint density at radius 1 is 0.692 bits per heavy atom. The summed E-state index contributed by atoms with van der Waals surface area (Å²) in [6.45, 7) is 0.808. The van der Waals surface area contributed by atoms with Crippen molar-refractivity contribution in [2.75, 3.05) is 11.4 Å². The van der Waals surface area contributed by atoms with E-state index in [1.54, 1.807) is 12.1 Å². The van der Waals surface area contributed by atoms with Crippen molar-refractivity contribution in [3.8, 4) is 39.5 Å². The van der Waals surface area contributed by atoms with Gasteiger partial charge in [0.25, 0.3) is 0 Å². The Morgan fingerprint density at radius 2 is 1.46 bits per heavy atom. The summed E-state index contributed by atoms with van der Waals surface area (Å²) in [6.07, 6.45) is 0. The van der Waals surface area contributed by atoms with Crippen molar-refractivity contribution in [3.05, 3.63) is 126 Å². The summed E-state index contributed by atoms with van der Waals surface area (Å²) in [4.78, 5) is 12.4. The second-order valence-corrected chi connectivity index (χ2v) is 9.96. The van der Waals surface area contributed by atoms with Crippen LogP contribution in [0.4, 0.5) is 5.69 Å². The lowest BCUT2D eigenvalue weighted by atomic mass is 9.90. The van der Waals surface area contributed by atoms with Crippen molar-refractivity contribution in [2.24, 2.45) is 4.99 Å². The Morgan fingerprint density at radius 3 is 2.33 bits per heavy atom. The first-order chi connectivity index (χ1) is 19.2. The molecule has 6 aromatic rings. The molecule has 39 heavy (non-hydrogen) atoms. The quantitative estimate of drug-likeness (QED) is 0.266. The number of amidine groups is 1. The number of benzene rings is 5. The molecule has 1 N–H and O–H groups in total. The van der Waals surface area contributed by atoms with Crippen molar-refractivity contribution in [2.45, 2.75) is 6.04 Å². The first-order valence-electron chi connectivity index (χ1n) is 13.1. The highest BCUT2D eigenvalue weighted by Crippen LogP contribution is 2.45. The molecule has 5 aromatic carbocycles. The average Bonchev–Trinajstić information content (AvgIpc) is 3.63. The van der Waals surface area contributed by atoms with E-state index < -0.39 is 0 Å². The Hall–Kier alpha value is -5.16. The van der Waals surface area contributed by atoms with E-state index in [0.717, 1.165) is 34.6 Å². The van der Waals surface area contributed by atoms with Crippen LogP contribution >= 0.6 is 0 Å². The highest BCUT2D eigenvalue weighted by atomic mass is 16.3. The number of para-hydroxylation sites is 3. The second kappa shape index (κ2) is 8.43. The molecule has 1 aromatic heterocycles. The fourth-order valence-electron chi connectivity index (χ4n) is 5.82. The number of hydrogen-bond donors (Lipinski definition) is 1. The molecule has 0 aliphatic carbocycles. The van der Waals surface area contributed by atoms with Gasteiger partial charge in [0.1, 0.15) is 17.1 Å². The van der Waals surface area contributed by atoms with Crippen molar-refractivity contribution in [3.63, 3.8) is 0 Å². The third-order valence-corrected chi connectivity index (χ3v) is 7.68. The average molecular weight is 506 g/mol. The van der Waals surface area contributed by atoms with Crippen LogP contribution in [-0.4, -0.2) is 22.5 Å². The zero-order chi connectivity index (χ0) is 25.9. The van der Waals surface area contributed by atoms with Crippen LogP contribution < -0.4 is 4.90 Å². The van der Waals surface area contributed by atoms with E-state index in [1.807, 2.05) is 30.3 Å². The van der Waals surface area contributed by atoms with Crippen molar-refractivity contribution in [1.82, 2.24) is 4.98 Å². The molecule has 0 spiro atoms. The van der Waals surface area contributed by atoms with Crippen molar-refractivity contribution < 1.29 is 9.52 Å². The van der Waals surface area contributed by atoms with Crippen LogP contribution in [-0.2, 0) is 0 Å². The van der Waals surface area contributed by atoms with E-state index in [4.69, 9.17) is 14.4 Å². The molecule has 1 atom stereocenters. The molecular weight excluding hydrogens is 482 g/mol. The third kappa shape index (κ3) is 3.40. The Balaban J connectivity index is 1.29. The molecule has 0 amide bonds. The fourth-order valence-corrected chi connectivity index (χ4v) is 5.82. The molecule has 2 aliphatic heterocycles. The standard InChI is InChI=1S/C34H23N3O2/c38-30-15-7-5-12-26(30)34-36-32-23(13-8-16-31(32)39-34)22-17-18-24-25-11-4-6-14-29(25)37-20-28(21-9-2-1-3-10-21)35-33(37)27(24)19-22/h1-19,28,38H,20H2/t28-/m1/s1. The number of oxazole rings is 1. The maximum atomic E-state index is 10.4. The van der Waals surface area contributed by atoms with Gasteiger partial charge in [0.05, 0.1) is 23.8 Å².